The van der Waals surface area contributed by atoms with Crippen molar-refractivity contribution in [1.82, 2.24) is 19.6 Å². The molecule has 194 valence electrons. The number of hydrogen-bond acceptors (Lipinski definition) is 5. The summed E-state index contributed by atoms with van der Waals surface area (Å²) in [4.78, 5) is 15.6. The molecule has 4 aliphatic heterocycles. The molecule has 5 rings (SSSR count). The molecule has 34 heavy (non-hydrogen) atoms. The van der Waals surface area contributed by atoms with Gasteiger partial charge in [-0.1, -0.05) is 6.92 Å². The van der Waals surface area contributed by atoms with E-state index in [0.29, 0.717) is 36.8 Å². The maximum Gasteiger partial charge on any atom is 0.228 e. The lowest BCUT2D eigenvalue weighted by Gasteiger charge is -2.43. The van der Waals surface area contributed by atoms with Gasteiger partial charge in [0.2, 0.25) is 15.9 Å². The molecule has 4 unspecified atom stereocenters. The Labute approximate surface area is 207 Å². The second kappa shape index (κ2) is 10.3. The van der Waals surface area contributed by atoms with Gasteiger partial charge >= 0.3 is 0 Å². The highest BCUT2D eigenvalue weighted by Gasteiger charge is 2.49. The summed E-state index contributed by atoms with van der Waals surface area (Å²) in [7, 11) is -3.15. The molecular formula is C26H46N4O3S. The van der Waals surface area contributed by atoms with Gasteiger partial charge in [-0.25, -0.2) is 17.7 Å². The number of piperidine rings is 3. The molecule has 0 aromatic heterocycles. The number of rotatable bonds is 4. The average molecular weight is 495 g/mol. The van der Waals surface area contributed by atoms with Crippen LogP contribution in [0.15, 0.2) is 0 Å². The second-order valence-corrected chi connectivity index (χ2v) is 14.3. The van der Waals surface area contributed by atoms with Gasteiger partial charge in [-0.05, 0) is 95.3 Å². The van der Waals surface area contributed by atoms with E-state index in [4.69, 9.17) is 0 Å². The topological polar surface area (TPSA) is 73.0 Å². The Morgan fingerprint density at radius 2 is 1.44 bits per heavy atom. The number of carbonyl (C=O) groups excluding carboxylic acids is 1. The normalized spacial score (nSPS) is 39.2. The average Bonchev–Trinajstić information content (AvgIpc) is 3.19. The summed E-state index contributed by atoms with van der Waals surface area (Å²) in [6.07, 6.45) is 11.5. The molecule has 0 bridgehead atoms. The minimum absolute atomic E-state index is 0.0510. The Kier molecular flexibility index (Phi) is 7.60. The van der Waals surface area contributed by atoms with E-state index >= 15 is 0 Å². The molecule has 8 heteroatoms. The van der Waals surface area contributed by atoms with Crippen molar-refractivity contribution in [3.05, 3.63) is 0 Å². The van der Waals surface area contributed by atoms with Crippen molar-refractivity contribution >= 4 is 15.9 Å². The summed E-state index contributed by atoms with van der Waals surface area (Å²) in [5.74, 6) is 2.26. The summed E-state index contributed by atoms with van der Waals surface area (Å²) in [6, 6.07) is 0.484. The zero-order valence-electron chi connectivity index (χ0n) is 21.3. The predicted octanol–water partition coefficient (Wildman–Crippen LogP) is 3.22. The van der Waals surface area contributed by atoms with Crippen LogP contribution < -0.4 is 5.43 Å². The van der Waals surface area contributed by atoms with Gasteiger partial charge in [-0.15, -0.1) is 0 Å². The molecule has 4 heterocycles. The van der Waals surface area contributed by atoms with Gasteiger partial charge in [0, 0.05) is 44.8 Å². The third-order valence-corrected chi connectivity index (χ3v) is 12.3. The summed E-state index contributed by atoms with van der Waals surface area (Å²) in [6.45, 7) is 8.64. The van der Waals surface area contributed by atoms with Crippen LogP contribution in [-0.2, 0) is 14.8 Å². The third-order valence-electron chi connectivity index (χ3n) is 9.87. The first kappa shape index (κ1) is 25.0. The number of sulfonamides is 1. The highest BCUT2D eigenvalue weighted by molar-refractivity contribution is 7.89. The van der Waals surface area contributed by atoms with Gasteiger partial charge in [0.15, 0.2) is 0 Å². The Balaban J connectivity index is 1.18. The quantitative estimate of drug-likeness (QED) is 0.650. The van der Waals surface area contributed by atoms with E-state index in [1.54, 1.807) is 0 Å². The van der Waals surface area contributed by atoms with Crippen LogP contribution in [0, 0.1) is 23.7 Å². The molecule has 1 amide bonds. The Morgan fingerprint density at radius 1 is 0.794 bits per heavy atom. The van der Waals surface area contributed by atoms with Crippen LogP contribution in [-0.4, -0.2) is 78.6 Å². The summed E-state index contributed by atoms with van der Waals surface area (Å²) in [5, 5.41) is 2.20. The molecule has 7 nitrogen and oxygen atoms in total. The highest BCUT2D eigenvalue weighted by Crippen LogP contribution is 2.41. The smallest absolute Gasteiger partial charge is 0.228 e. The summed E-state index contributed by atoms with van der Waals surface area (Å²) in [5.41, 5.74) is 3.61. The molecule has 5 aliphatic rings. The standard InChI is InChI=1S/C26H46N4O3S/c1-19-6-8-23(9-7-19)34(32,33)29-15-10-21(11-16-29)22-12-17-30-24(18-22)25(20(2)27-30)26(31)28-13-4-3-5-14-28/h19-25,27H,3-18H2,1-2H3. The SMILES string of the molecule is CC1CCC(S(=O)(=O)N2CCC(C3CCN4NC(C)C(C(=O)N5CCCCC5)C4C3)CC2)CC1. The molecule has 1 aliphatic carbocycles. The van der Waals surface area contributed by atoms with Gasteiger partial charge in [0.05, 0.1) is 11.2 Å². The molecule has 0 aromatic rings. The van der Waals surface area contributed by atoms with Gasteiger partial charge in [0.1, 0.15) is 0 Å². The maximum absolute atomic E-state index is 13.5. The molecule has 1 N–H and O–H groups in total. The Bertz CT molecular complexity index is 814. The minimum atomic E-state index is -3.15. The lowest BCUT2D eigenvalue weighted by atomic mass is 9.74. The van der Waals surface area contributed by atoms with Crippen molar-refractivity contribution in [2.45, 2.75) is 102 Å². The van der Waals surface area contributed by atoms with Crippen LogP contribution >= 0.6 is 0 Å². The third kappa shape index (κ3) is 4.94. The second-order valence-electron chi connectivity index (χ2n) is 12.0. The lowest BCUT2D eigenvalue weighted by molar-refractivity contribution is -0.138. The van der Waals surface area contributed by atoms with Crippen molar-refractivity contribution in [3.63, 3.8) is 0 Å². The van der Waals surface area contributed by atoms with E-state index in [-0.39, 0.29) is 23.3 Å². The number of hydrazine groups is 1. The zero-order chi connectivity index (χ0) is 23.9. The fourth-order valence-corrected chi connectivity index (χ4v) is 9.68. The monoisotopic (exact) mass is 494 g/mol. The van der Waals surface area contributed by atoms with Gasteiger partial charge in [0.25, 0.3) is 0 Å². The number of hydrogen-bond donors (Lipinski definition) is 1. The maximum atomic E-state index is 13.5. The lowest BCUT2D eigenvalue weighted by Crippen LogP contribution is -2.51. The summed E-state index contributed by atoms with van der Waals surface area (Å²) >= 11 is 0. The van der Waals surface area contributed by atoms with Crippen LogP contribution in [0.3, 0.4) is 0 Å². The highest BCUT2D eigenvalue weighted by atomic mass is 32.2. The van der Waals surface area contributed by atoms with E-state index in [1.807, 2.05) is 4.31 Å². The molecule has 0 aromatic carbocycles. The van der Waals surface area contributed by atoms with Gasteiger partial charge in [-0.2, -0.15) is 0 Å². The molecule has 1 saturated carbocycles. The number of fused-ring (bicyclic) bond motifs is 1. The van der Waals surface area contributed by atoms with E-state index in [2.05, 4.69) is 29.2 Å². The first-order valence-corrected chi connectivity index (χ1v) is 15.7. The Morgan fingerprint density at radius 3 is 2.12 bits per heavy atom. The number of carbonyl (C=O) groups is 1. The van der Waals surface area contributed by atoms with Crippen LogP contribution in [0.1, 0.15) is 84.5 Å². The first-order chi connectivity index (χ1) is 16.3. The largest absolute Gasteiger partial charge is 0.342 e. The van der Waals surface area contributed by atoms with E-state index < -0.39 is 10.0 Å². The van der Waals surface area contributed by atoms with Crippen LogP contribution in [0.4, 0.5) is 0 Å². The van der Waals surface area contributed by atoms with Crippen molar-refractivity contribution < 1.29 is 13.2 Å². The van der Waals surface area contributed by atoms with Crippen LogP contribution in [0.25, 0.3) is 0 Å². The van der Waals surface area contributed by atoms with Crippen molar-refractivity contribution in [2.24, 2.45) is 23.7 Å². The van der Waals surface area contributed by atoms with Crippen LogP contribution in [0.2, 0.25) is 0 Å². The number of nitrogens with one attached hydrogen (secondary N) is 1. The van der Waals surface area contributed by atoms with Crippen LogP contribution in [0.5, 0.6) is 0 Å². The summed E-state index contributed by atoms with van der Waals surface area (Å²) < 4.78 is 28.3. The molecule has 4 atom stereocenters. The number of likely N-dealkylation sites (tertiary alicyclic amines) is 1. The first-order valence-electron chi connectivity index (χ1n) is 14.1. The van der Waals surface area contributed by atoms with E-state index in [9.17, 15) is 13.2 Å². The van der Waals surface area contributed by atoms with E-state index in [0.717, 1.165) is 83.8 Å². The molecular weight excluding hydrogens is 448 g/mol. The van der Waals surface area contributed by atoms with Gasteiger partial charge in [-0.3, -0.25) is 10.2 Å². The Hall–Kier alpha value is -0.700. The van der Waals surface area contributed by atoms with Crippen molar-refractivity contribution in [3.8, 4) is 0 Å². The molecule has 5 fully saturated rings. The fraction of sp³-hybridized carbons (Fsp3) is 0.962. The van der Waals surface area contributed by atoms with Crippen molar-refractivity contribution in [1.29, 1.82) is 0 Å². The van der Waals surface area contributed by atoms with Crippen molar-refractivity contribution in [2.75, 3.05) is 32.7 Å². The minimum Gasteiger partial charge on any atom is -0.342 e. The zero-order valence-corrected chi connectivity index (χ0v) is 22.1. The number of nitrogens with zero attached hydrogens (tertiary/aromatic N) is 3. The van der Waals surface area contributed by atoms with E-state index in [1.165, 1.54) is 6.42 Å². The molecule has 0 radical (unpaired) electrons. The molecule has 0 spiro atoms. The van der Waals surface area contributed by atoms with Gasteiger partial charge < -0.3 is 4.90 Å². The number of amides is 1. The predicted molar refractivity (Wildman–Crippen MR) is 134 cm³/mol. The fourth-order valence-electron chi connectivity index (χ4n) is 7.67. The molecule has 4 saturated heterocycles.